The Morgan fingerprint density at radius 2 is 2.05 bits per heavy atom. The highest BCUT2D eigenvalue weighted by atomic mass is 16.2. The zero-order valence-electron chi connectivity index (χ0n) is 11.1. The molecule has 0 aromatic carbocycles. The predicted octanol–water partition coefficient (Wildman–Crippen LogP) is -0.0548. The first kappa shape index (κ1) is 12.6. The molecule has 5 heteroatoms. The van der Waals surface area contributed by atoms with E-state index in [-0.39, 0.29) is 5.92 Å². The summed E-state index contributed by atoms with van der Waals surface area (Å²) < 4.78 is 0. The van der Waals surface area contributed by atoms with Gasteiger partial charge in [0.25, 0.3) is 0 Å². The Hall–Kier alpha value is -1.46. The van der Waals surface area contributed by atoms with Crippen LogP contribution in [0.15, 0.2) is 24.4 Å². The zero-order valence-corrected chi connectivity index (χ0v) is 11.1. The molecule has 1 aromatic rings. The van der Waals surface area contributed by atoms with Gasteiger partial charge in [-0.05, 0) is 12.1 Å². The minimum absolute atomic E-state index is 0.224. The first-order chi connectivity index (χ1) is 9.33. The summed E-state index contributed by atoms with van der Waals surface area (Å²) in [5.41, 5.74) is 1.10. The summed E-state index contributed by atoms with van der Waals surface area (Å²) in [5.74, 6) is 0.554. The molecule has 0 atom stereocenters. The predicted molar refractivity (Wildman–Crippen MR) is 72.5 cm³/mol. The fraction of sp³-hybridized carbons (Fsp3) is 0.571. The van der Waals surface area contributed by atoms with Crippen molar-refractivity contribution in [3.63, 3.8) is 0 Å². The molecule has 0 spiro atoms. The van der Waals surface area contributed by atoms with Crippen LogP contribution in [0.2, 0.25) is 0 Å². The van der Waals surface area contributed by atoms with Crippen molar-refractivity contribution in [2.75, 3.05) is 39.3 Å². The van der Waals surface area contributed by atoms with Gasteiger partial charge in [-0.15, -0.1) is 0 Å². The number of hydrogen-bond donors (Lipinski definition) is 1. The summed E-state index contributed by atoms with van der Waals surface area (Å²) in [4.78, 5) is 20.8. The Balaban J connectivity index is 1.48. The van der Waals surface area contributed by atoms with E-state index in [1.807, 2.05) is 23.2 Å². The molecule has 0 radical (unpaired) electrons. The van der Waals surface area contributed by atoms with Crippen molar-refractivity contribution in [3.8, 4) is 0 Å². The van der Waals surface area contributed by atoms with Crippen LogP contribution in [-0.4, -0.2) is 60.0 Å². The lowest BCUT2D eigenvalue weighted by molar-refractivity contribution is -0.138. The third-order valence-electron chi connectivity index (χ3n) is 3.93. The number of pyridine rings is 1. The Morgan fingerprint density at radius 3 is 2.63 bits per heavy atom. The van der Waals surface area contributed by atoms with Gasteiger partial charge in [0.2, 0.25) is 5.91 Å². The molecule has 1 aromatic heterocycles. The highest BCUT2D eigenvalue weighted by molar-refractivity contribution is 5.80. The first-order valence-electron chi connectivity index (χ1n) is 6.95. The number of carbonyl (C=O) groups is 1. The maximum Gasteiger partial charge on any atom is 0.228 e. The van der Waals surface area contributed by atoms with Crippen molar-refractivity contribution < 1.29 is 4.79 Å². The molecule has 0 bridgehead atoms. The third-order valence-corrected chi connectivity index (χ3v) is 3.93. The summed E-state index contributed by atoms with van der Waals surface area (Å²) in [5, 5.41) is 3.16. The maximum absolute atomic E-state index is 12.1. The first-order valence-corrected chi connectivity index (χ1v) is 6.95. The van der Waals surface area contributed by atoms with Crippen LogP contribution in [-0.2, 0) is 11.3 Å². The normalized spacial score (nSPS) is 21.2. The van der Waals surface area contributed by atoms with E-state index in [9.17, 15) is 4.79 Å². The fourth-order valence-electron chi connectivity index (χ4n) is 2.57. The van der Waals surface area contributed by atoms with Gasteiger partial charge in [0.05, 0.1) is 11.6 Å². The lowest BCUT2D eigenvalue weighted by atomic mass is 10.0. The summed E-state index contributed by atoms with van der Waals surface area (Å²) >= 11 is 0. The maximum atomic E-state index is 12.1. The number of carbonyl (C=O) groups excluding carboxylic acids is 1. The average Bonchev–Trinajstić information content (AvgIpc) is 2.39. The lowest BCUT2D eigenvalue weighted by Gasteiger charge is -2.38. The minimum Gasteiger partial charge on any atom is -0.340 e. The second kappa shape index (κ2) is 5.67. The van der Waals surface area contributed by atoms with E-state index < -0.39 is 0 Å². The van der Waals surface area contributed by atoms with Gasteiger partial charge < -0.3 is 10.2 Å². The van der Waals surface area contributed by atoms with Crippen molar-refractivity contribution in [1.82, 2.24) is 20.1 Å². The third kappa shape index (κ3) is 2.93. The van der Waals surface area contributed by atoms with Crippen LogP contribution < -0.4 is 5.32 Å². The summed E-state index contributed by atoms with van der Waals surface area (Å²) in [7, 11) is 0. The Morgan fingerprint density at radius 1 is 1.26 bits per heavy atom. The molecule has 1 amide bonds. The number of nitrogens with one attached hydrogen (secondary N) is 1. The van der Waals surface area contributed by atoms with E-state index in [0.717, 1.165) is 51.5 Å². The van der Waals surface area contributed by atoms with Gasteiger partial charge >= 0.3 is 0 Å². The van der Waals surface area contributed by atoms with E-state index in [1.165, 1.54) is 0 Å². The van der Waals surface area contributed by atoms with Gasteiger partial charge in [-0.3, -0.25) is 14.7 Å². The molecule has 0 aliphatic carbocycles. The molecule has 2 aliphatic rings. The van der Waals surface area contributed by atoms with E-state index >= 15 is 0 Å². The fourth-order valence-corrected chi connectivity index (χ4v) is 2.57. The van der Waals surface area contributed by atoms with Crippen LogP contribution in [0.3, 0.4) is 0 Å². The smallest absolute Gasteiger partial charge is 0.228 e. The van der Waals surface area contributed by atoms with E-state index in [1.54, 1.807) is 0 Å². The topological polar surface area (TPSA) is 48.5 Å². The molecule has 2 saturated heterocycles. The Kier molecular flexibility index (Phi) is 3.75. The Labute approximate surface area is 113 Å². The quantitative estimate of drug-likeness (QED) is 0.827. The molecule has 0 saturated carbocycles. The number of rotatable bonds is 3. The summed E-state index contributed by atoms with van der Waals surface area (Å²) in [6.07, 6.45) is 1.83. The van der Waals surface area contributed by atoms with Gasteiger partial charge in [-0.1, -0.05) is 6.07 Å². The average molecular weight is 260 g/mol. The number of hydrogen-bond acceptors (Lipinski definition) is 4. The van der Waals surface area contributed by atoms with Crippen LogP contribution in [0.25, 0.3) is 0 Å². The molecule has 2 aliphatic heterocycles. The SMILES string of the molecule is O=C(C1CNC1)N1CCN(Cc2ccccn2)CC1. The van der Waals surface area contributed by atoms with E-state index in [2.05, 4.69) is 21.3 Å². The van der Waals surface area contributed by atoms with Gasteiger partial charge in [0.1, 0.15) is 0 Å². The molecule has 1 N–H and O–H groups in total. The second-order valence-electron chi connectivity index (χ2n) is 5.28. The standard InChI is InChI=1S/C14H20N4O/c19-14(12-9-15-10-12)18-7-5-17(6-8-18)11-13-3-1-2-4-16-13/h1-4,12,15H,5-11H2. The highest BCUT2D eigenvalue weighted by Crippen LogP contribution is 2.12. The summed E-state index contributed by atoms with van der Waals surface area (Å²) in [6, 6.07) is 6.01. The van der Waals surface area contributed by atoms with E-state index in [0.29, 0.717) is 5.91 Å². The van der Waals surface area contributed by atoms with Gasteiger partial charge in [-0.2, -0.15) is 0 Å². The van der Waals surface area contributed by atoms with Crippen LogP contribution in [0.1, 0.15) is 5.69 Å². The molecule has 3 heterocycles. The monoisotopic (exact) mass is 260 g/mol. The zero-order chi connectivity index (χ0) is 13.1. The summed E-state index contributed by atoms with van der Waals surface area (Å²) in [6.45, 7) is 6.18. The molecule has 0 unspecified atom stereocenters. The van der Waals surface area contributed by atoms with Crippen LogP contribution in [0, 0.1) is 5.92 Å². The molecule has 2 fully saturated rings. The van der Waals surface area contributed by atoms with Crippen LogP contribution in [0.4, 0.5) is 0 Å². The van der Waals surface area contributed by atoms with Gasteiger partial charge in [0, 0.05) is 52.0 Å². The molecule has 102 valence electrons. The molecule has 19 heavy (non-hydrogen) atoms. The lowest BCUT2D eigenvalue weighted by Crippen LogP contribution is -2.56. The highest BCUT2D eigenvalue weighted by Gasteiger charge is 2.30. The van der Waals surface area contributed by atoms with Gasteiger partial charge in [-0.25, -0.2) is 0 Å². The number of amides is 1. The molecule has 3 rings (SSSR count). The van der Waals surface area contributed by atoms with Crippen molar-refractivity contribution in [3.05, 3.63) is 30.1 Å². The van der Waals surface area contributed by atoms with Crippen LogP contribution >= 0.6 is 0 Å². The Bertz CT molecular complexity index is 424. The minimum atomic E-state index is 0.224. The van der Waals surface area contributed by atoms with Crippen molar-refractivity contribution in [1.29, 1.82) is 0 Å². The number of nitrogens with zero attached hydrogens (tertiary/aromatic N) is 3. The molecule has 5 nitrogen and oxygen atoms in total. The van der Waals surface area contributed by atoms with Crippen molar-refractivity contribution in [2.24, 2.45) is 5.92 Å². The van der Waals surface area contributed by atoms with Crippen molar-refractivity contribution >= 4 is 5.91 Å². The number of aromatic nitrogens is 1. The van der Waals surface area contributed by atoms with E-state index in [4.69, 9.17) is 0 Å². The largest absolute Gasteiger partial charge is 0.340 e. The van der Waals surface area contributed by atoms with Gasteiger partial charge in [0.15, 0.2) is 0 Å². The van der Waals surface area contributed by atoms with Crippen molar-refractivity contribution in [2.45, 2.75) is 6.54 Å². The van der Waals surface area contributed by atoms with Crippen LogP contribution in [0.5, 0.6) is 0 Å². The second-order valence-corrected chi connectivity index (χ2v) is 5.28. The number of piperazine rings is 1. The molecular weight excluding hydrogens is 240 g/mol. The molecular formula is C14H20N4O.